The van der Waals surface area contributed by atoms with Crippen molar-refractivity contribution in [1.29, 1.82) is 0 Å². The van der Waals surface area contributed by atoms with E-state index in [1.165, 1.54) is 11.1 Å². The van der Waals surface area contributed by atoms with Gasteiger partial charge in [-0.1, -0.05) is 63.6 Å². The molecule has 0 radical (unpaired) electrons. The Labute approximate surface area is 168 Å². The first-order valence-corrected chi connectivity index (χ1v) is 9.96. The van der Waals surface area contributed by atoms with Gasteiger partial charge in [0.05, 0.1) is 0 Å². The lowest BCUT2D eigenvalue weighted by Crippen LogP contribution is -2.38. The highest BCUT2D eigenvalue weighted by Gasteiger charge is 2.18. The summed E-state index contributed by atoms with van der Waals surface area (Å²) in [6.07, 6.45) is 1.94. The number of aryl methyl sites for hydroxylation is 1. The minimum atomic E-state index is -0.471. The Bertz CT molecular complexity index is 718. The predicted octanol–water partition coefficient (Wildman–Crippen LogP) is 5.54. The molecule has 0 aliphatic heterocycles. The van der Waals surface area contributed by atoms with Crippen LogP contribution < -0.4 is 10.1 Å². The standard InChI is InChI=1S/C23H30ClNO2/c1-5-21(27-20-14-10-18(11-15-20)23(2,3)4)22(26)25-16-6-7-17-8-12-19(24)13-9-17/h8-15,21H,5-7,16H2,1-4H3,(H,25,26)/t21-/m1/s1. The summed E-state index contributed by atoms with van der Waals surface area (Å²) in [6, 6.07) is 15.8. The number of ether oxygens (including phenoxy) is 1. The Morgan fingerprint density at radius 1 is 1.07 bits per heavy atom. The highest BCUT2D eigenvalue weighted by molar-refractivity contribution is 6.30. The molecule has 2 aromatic carbocycles. The first-order valence-electron chi connectivity index (χ1n) is 9.59. The van der Waals surface area contributed by atoms with Gasteiger partial charge in [0, 0.05) is 11.6 Å². The molecule has 3 nitrogen and oxygen atoms in total. The number of carbonyl (C=O) groups excluding carboxylic acids is 1. The third kappa shape index (κ3) is 6.91. The quantitative estimate of drug-likeness (QED) is 0.603. The van der Waals surface area contributed by atoms with Gasteiger partial charge in [-0.05, 0) is 60.1 Å². The van der Waals surface area contributed by atoms with Gasteiger partial charge in [-0.25, -0.2) is 0 Å². The van der Waals surface area contributed by atoms with Crippen LogP contribution in [0.25, 0.3) is 0 Å². The Hall–Kier alpha value is -2.00. The van der Waals surface area contributed by atoms with E-state index < -0.39 is 6.10 Å². The number of amides is 1. The molecular formula is C23H30ClNO2. The van der Waals surface area contributed by atoms with Crippen molar-refractivity contribution < 1.29 is 9.53 Å². The fourth-order valence-corrected chi connectivity index (χ4v) is 2.92. The minimum absolute atomic E-state index is 0.0616. The second-order valence-corrected chi connectivity index (χ2v) is 8.25. The molecule has 27 heavy (non-hydrogen) atoms. The molecule has 0 aliphatic carbocycles. The van der Waals surface area contributed by atoms with Gasteiger partial charge in [0.25, 0.3) is 5.91 Å². The smallest absolute Gasteiger partial charge is 0.261 e. The summed E-state index contributed by atoms with van der Waals surface area (Å²) in [5.74, 6) is 0.666. The molecule has 0 spiro atoms. The van der Waals surface area contributed by atoms with Gasteiger partial charge >= 0.3 is 0 Å². The Morgan fingerprint density at radius 2 is 1.70 bits per heavy atom. The Balaban J connectivity index is 1.80. The minimum Gasteiger partial charge on any atom is -0.481 e. The van der Waals surface area contributed by atoms with Crippen LogP contribution in [0, 0.1) is 0 Å². The van der Waals surface area contributed by atoms with Crippen LogP contribution in [0.3, 0.4) is 0 Å². The SMILES string of the molecule is CC[C@@H](Oc1ccc(C(C)(C)C)cc1)C(=O)NCCCc1ccc(Cl)cc1. The van der Waals surface area contributed by atoms with E-state index in [0.29, 0.717) is 13.0 Å². The summed E-state index contributed by atoms with van der Waals surface area (Å²) in [5, 5.41) is 3.72. The van der Waals surface area contributed by atoms with Crippen LogP contribution in [0.15, 0.2) is 48.5 Å². The van der Waals surface area contributed by atoms with Crippen molar-refractivity contribution in [3.8, 4) is 5.75 Å². The van der Waals surface area contributed by atoms with Crippen LogP contribution in [0.4, 0.5) is 0 Å². The molecule has 1 N–H and O–H groups in total. The second-order valence-electron chi connectivity index (χ2n) is 7.81. The van der Waals surface area contributed by atoms with E-state index in [4.69, 9.17) is 16.3 Å². The highest BCUT2D eigenvalue weighted by atomic mass is 35.5. The van der Waals surface area contributed by atoms with E-state index >= 15 is 0 Å². The molecule has 0 bridgehead atoms. The van der Waals surface area contributed by atoms with E-state index in [1.54, 1.807) is 0 Å². The van der Waals surface area contributed by atoms with Gasteiger partial charge < -0.3 is 10.1 Å². The van der Waals surface area contributed by atoms with Crippen molar-refractivity contribution >= 4 is 17.5 Å². The maximum atomic E-state index is 12.4. The molecule has 2 rings (SSSR count). The molecule has 0 saturated carbocycles. The molecule has 1 atom stereocenters. The first-order chi connectivity index (χ1) is 12.8. The average molecular weight is 388 g/mol. The van der Waals surface area contributed by atoms with Crippen LogP contribution >= 0.6 is 11.6 Å². The zero-order valence-corrected chi connectivity index (χ0v) is 17.5. The summed E-state index contributed by atoms with van der Waals surface area (Å²) in [7, 11) is 0. The maximum Gasteiger partial charge on any atom is 0.261 e. The largest absolute Gasteiger partial charge is 0.481 e. The summed E-state index contributed by atoms with van der Waals surface area (Å²) < 4.78 is 5.89. The van der Waals surface area contributed by atoms with Crippen molar-refractivity contribution in [3.05, 3.63) is 64.7 Å². The van der Waals surface area contributed by atoms with E-state index in [-0.39, 0.29) is 11.3 Å². The van der Waals surface area contributed by atoms with Crippen LogP contribution in [0.2, 0.25) is 5.02 Å². The number of carbonyl (C=O) groups is 1. The molecule has 0 saturated heterocycles. The Kier molecular flexibility index (Phi) is 7.73. The number of nitrogens with one attached hydrogen (secondary N) is 1. The third-order valence-corrected chi connectivity index (χ3v) is 4.77. The van der Waals surface area contributed by atoms with E-state index in [2.05, 4.69) is 38.2 Å². The van der Waals surface area contributed by atoms with Gasteiger partial charge in [0.15, 0.2) is 6.10 Å². The predicted molar refractivity (Wildman–Crippen MR) is 113 cm³/mol. The number of hydrogen-bond donors (Lipinski definition) is 1. The van der Waals surface area contributed by atoms with Crippen molar-refractivity contribution in [2.45, 2.75) is 58.5 Å². The summed E-state index contributed by atoms with van der Waals surface area (Å²) >= 11 is 5.89. The van der Waals surface area contributed by atoms with Crippen molar-refractivity contribution in [3.63, 3.8) is 0 Å². The lowest BCUT2D eigenvalue weighted by atomic mass is 9.87. The van der Waals surface area contributed by atoms with Gasteiger partial charge in [-0.15, -0.1) is 0 Å². The molecular weight excluding hydrogens is 358 g/mol. The molecule has 4 heteroatoms. The fourth-order valence-electron chi connectivity index (χ4n) is 2.79. The van der Waals surface area contributed by atoms with Crippen LogP contribution in [0.5, 0.6) is 5.75 Å². The van der Waals surface area contributed by atoms with Crippen LogP contribution in [-0.4, -0.2) is 18.6 Å². The third-order valence-electron chi connectivity index (χ3n) is 4.52. The zero-order chi connectivity index (χ0) is 19.9. The van der Waals surface area contributed by atoms with Crippen molar-refractivity contribution in [2.24, 2.45) is 0 Å². The maximum absolute atomic E-state index is 12.4. The van der Waals surface area contributed by atoms with E-state index in [9.17, 15) is 4.79 Å². The molecule has 146 valence electrons. The fraction of sp³-hybridized carbons (Fsp3) is 0.435. The lowest BCUT2D eigenvalue weighted by Gasteiger charge is -2.21. The topological polar surface area (TPSA) is 38.3 Å². The number of rotatable bonds is 8. The molecule has 0 fully saturated rings. The van der Waals surface area contributed by atoms with Crippen molar-refractivity contribution in [1.82, 2.24) is 5.32 Å². The molecule has 0 unspecified atom stereocenters. The highest BCUT2D eigenvalue weighted by Crippen LogP contribution is 2.24. The monoisotopic (exact) mass is 387 g/mol. The van der Waals surface area contributed by atoms with Crippen LogP contribution in [-0.2, 0) is 16.6 Å². The lowest BCUT2D eigenvalue weighted by molar-refractivity contribution is -0.128. The second kappa shape index (κ2) is 9.80. The first kappa shape index (κ1) is 21.3. The van der Waals surface area contributed by atoms with E-state index in [0.717, 1.165) is 23.6 Å². The normalized spacial score (nSPS) is 12.5. The molecule has 0 aliphatic rings. The average Bonchev–Trinajstić information content (AvgIpc) is 2.64. The molecule has 1 amide bonds. The van der Waals surface area contributed by atoms with Gasteiger partial charge in [-0.2, -0.15) is 0 Å². The van der Waals surface area contributed by atoms with Crippen molar-refractivity contribution in [2.75, 3.05) is 6.54 Å². The molecule has 2 aromatic rings. The summed E-state index contributed by atoms with van der Waals surface area (Å²) in [5.41, 5.74) is 2.56. The molecule has 0 aromatic heterocycles. The number of benzene rings is 2. The molecule has 0 heterocycles. The summed E-state index contributed by atoms with van der Waals surface area (Å²) in [4.78, 5) is 12.4. The number of halogens is 1. The van der Waals surface area contributed by atoms with Gasteiger partial charge in [0.2, 0.25) is 0 Å². The Morgan fingerprint density at radius 3 is 2.26 bits per heavy atom. The van der Waals surface area contributed by atoms with Gasteiger partial charge in [-0.3, -0.25) is 4.79 Å². The van der Waals surface area contributed by atoms with E-state index in [1.807, 2.05) is 43.3 Å². The summed E-state index contributed by atoms with van der Waals surface area (Å²) in [6.45, 7) is 9.12. The van der Waals surface area contributed by atoms with Crippen LogP contribution in [0.1, 0.15) is 51.7 Å². The van der Waals surface area contributed by atoms with Gasteiger partial charge in [0.1, 0.15) is 5.75 Å². The zero-order valence-electron chi connectivity index (χ0n) is 16.7. The number of hydrogen-bond acceptors (Lipinski definition) is 2.